The average Bonchev–Trinajstić information content (AvgIpc) is 3.13. The number of amides is 1. The monoisotopic (exact) mass is 283 g/mol. The molecular formula is C17H21N3O. The highest BCUT2D eigenvalue weighted by atomic mass is 16.2. The average molecular weight is 283 g/mol. The summed E-state index contributed by atoms with van der Waals surface area (Å²) >= 11 is 0. The molecule has 2 aromatic rings. The topological polar surface area (TPSA) is 48.1 Å². The van der Waals surface area contributed by atoms with Crippen LogP contribution in [0.5, 0.6) is 0 Å². The van der Waals surface area contributed by atoms with Gasteiger partial charge in [-0.05, 0) is 49.4 Å². The second-order valence-corrected chi connectivity index (χ2v) is 6.52. The standard InChI is InChI=1S/C17H21N3O/c1-10-11(2)19-16-4-3-12(5-15(10)16)17(21)20-8-13-6-18-7-14(13)9-20/h3-5,13-14,18-19H,6-9H2,1-2H3. The molecule has 4 nitrogen and oxygen atoms in total. The maximum atomic E-state index is 12.7. The Bertz CT molecular complexity index is 706. The molecule has 3 heterocycles. The molecule has 2 N–H and O–H groups in total. The van der Waals surface area contributed by atoms with Gasteiger partial charge in [0.05, 0.1) is 0 Å². The lowest BCUT2D eigenvalue weighted by Gasteiger charge is -2.17. The zero-order valence-electron chi connectivity index (χ0n) is 12.6. The number of carbonyl (C=O) groups excluding carboxylic acids is 1. The van der Waals surface area contributed by atoms with Crippen LogP contribution in [0.25, 0.3) is 10.9 Å². The molecule has 1 aromatic carbocycles. The van der Waals surface area contributed by atoms with Crippen molar-refractivity contribution < 1.29 is 4.79 Å². The van der Waals surface area contributed by atoms with Crippen LogP contribution >= 0.6 is 0 Å². The van der Waals surface area contributed by atoms with Gasteiger partial charge in [0.2, 0.25) is 0 Å². The van der Waals surface area contributed by atoms with Crippen LogP contribution in [0.1, 0.15) is 21.6 Å². The van der Waals surface area contributed by atoms with Crippen LogP contribution < -0.4 is 5.32 Å². The van der Waals surface area contributed by atoms with Gasteiger partial charge in [0.15, 0.2) is 0 Å². The second kappa shape index (κ2) is 4.60. The summed E-state index contributed by atoms with van der Waals surface area (Å²) in [6, 6.07) is 6.02. The molecule has 2 fully saturated rings. The Kier molecular flexibility index (Phi) is 2.82. The summed E-state index contributed by atoms with van der Waals surface area (Å²) in [6.45, 7) is 8.10. The lowest BCUT2D eigenvalue weighted by molar-refractivity contribution is 0.0782. The van der Waals surface area contributed by atoms with Crippen LogP contribution in [0.15, 0.2) is 18.2 Å². The van der Waals surface area contributed by atoms with Gasteiger partial charge in [-0.25, -0.2) is 0 Å². The Morgan fingerprint density at radius 3 is 2.62 bits per heavy atom. The highest BCUT2D eigenvalue weighted by molar-refractivity contribution is 5.99. The van der Waals surface area contributed by atoms with E-state index in [2.05, 4.69) is 24.1 Å². The summed E-state index contributed by atoms with van der Waals surface area (Å²) in [5.41, 5.74) is 4.35. The number of nitrogens with zero attached hydrogens (tertiary/aromatic N) is 1. The highest BCUT2D eigenvalue weighted by Crippen LogP contribution is 2.28. The number of hydrogen-bond acceptors (Lipinski definition) is 2. The minimum Gasteiger partial charge on any atom is -0.358 e. The number of aromatic amines is 1. The molecule has 2 aliphatic rings. The number of hydrogen-bond donors (Lipinski definition) is 2. The first-order chi connectivity index (χ1) is 10.1. The van der Waals surface area contributed by atoms with E-state index in [4.69, 9.17) is 0 Å². The van der Waals surface area contributed by atoms with Crippen molar-refractivity contribution in [3.05, 3.63) is 35.0 Å². The molecule has 4 heteroatoms. The van der Waals surface area contributed by atoms with Crippen LogP contribution in [0.4, 0.5) is 0 Å². The van der Waals surface area contributed by atoms with Crippen molar-refractivity contribution in [3.63, 3.8) is 0 Å². The highest BCUT2D eigenvalue weighted by Gasteiger charge is 2.38. The van der Waals surface area contributed by atoms with Crippen LogP contribution in [0.2, 0.25) is 0 Å². The van der Waals surface area contributed by atoms with Crippen LogP contribution in [0.3, 0.4) is 0 Å². The van der Waals surface area contributed by atoms with Crippen molar-refractivity contribution in [1.29, 1.82) is 0 Å². The van der Waals surface area contributed by atoms with Crippen molar-refractivity contribution in [2.45, 2.75) is 13.8 Å². The zero-order chi connectivity index (χ0) is 14.6. The lowest BCUT2D eigenvalue weighted by Crippen LogP contribution is -2.31. The summed E-state index contributed by atoms with van der Waals surface area (Å²) in [5.74, 6) is 1.48. The fraction of sp³-hybridized carbons (Fsp3) is 0.471. The molecule has 21 heavy (non-hydrogen) atoms. The van der Waals surface area contributed by atoms with Crippen LogP contribution in [-0.4, -0.2) is 42.0 Å². The predicted octanol–water partition coefficient (Wildman–Crippen LogP) is 2.08. The van der Waals surface area contributed by atoms with E-state index in [9.17, 15) is 4.79 Å². The number of aryl methyl sites for hydroxylation is 2. The molecule has 1 amide bonds. The molecule has 0 aliphatic carbocycles. The molecule has 0 saturated carbocycles. The summed E-state index contributed by atoms with van der Waals surface area (Å²) < 4.78 is 0. The van der Waals surface area contributed by atoms with E-state index in [-0.39, 0.29) is 5.91 Å². The van der Waals surface area contributed by atoms with Gasteiger partial charge in [0, 0.05) is 48.3 Å². The third-order valence-electron chi connectivity index (χ3n) is 5.23. The molecule has 110 valence electrons. The third-order valence-corrected chi connectivity index (χ3v) is 5.23. The molecule has 2 aliphatic heterocycles. The van der Waals surface area contributed by atoms with E-state index in [0.717, 1.165) is 37.3 Å². The van der Waals surface area contributed by atoms with Gasteiger partial charge in [-0.2, -0.15) is 0 Å². The summed E-state index contributed by atoms with van der Waals surface area (Å²) in [4.78, 5) is 18.1. The third kappa shape index (κ3) is 1.97. The fourth-order valence-corrected chi connectivity index (χ4v) is 3.80. The van der Waals surface area contributed by atoms with E-state index < -0.39 is 0 Å². The summed E-state index contributed by atoms with van der Waals surface area (Å²) in [6.07, 6.45) is 0. The smallest absolute Gasteiger partial charge is 0.253 e. The molecular weight excluding hydrogens is 262 g/mol. The lowest BCUT2D eigenvalue weighted by atomic mass is 10.0. The minimum atomic E-state index is 0.185. The summed E-state index contributed by atoms with van der Waals surface area (Å²) in [5, 5.41) is 4.58. The number of rotatable bonds is 1. The van der Waals surface area contributed by atoms with Crippen molar-refractivity contribution in [3.8, 4) is 0 Å². The van der Waals surface area contributed by atoms with Gasteiger partial charge in [-0.15, -0.1) is 0 Å². The Hall–Kier alpha value is -1.81. The van der Waals surface area contributed by atoms with E-state index >= 15 is 0 Å². The number of H-pyrrole nitrogens is 1. The normalized spacial score (nSPS) is 24.8. The van der Waals surface area contributed by atoms with Crippen molar-refractivity contribution in [2.24, 2.45) is 11.8 Å². The molecule has 2 unspecified atom stereocenters. The van der Waals surface area contributed by atoms with Gasteiger partial charge in [0.25, 0.3) is 5.91 Å². The number of benzene rings is 1. The number of fused-ring (bicyclic) bond motifs is 2. The van der Waals surface area contributed by atoms with Gasteiger partial charge in [0.1, 0.15) is 0 Å². The van der Waals surface area contributed by atoms with E-state index in [1.54, 1.807) is 0 Å². The molecule has 1 aromatic heterocycles. The van der Waals surface area contributed by atoms with Crippen molar-refractivity contribution in [2.75, 3.05) is 26.2 Å². The largest absolute Gasteiger partial charge is 0.358 e. The molecule has 2 saturated heterocycles. The SMILES string of the molecule is Cc1[nH]c2ccc(C(=O)N3CC4CNCC4C3)cc2c1C. The maximum absolute atomic E-state index is 12.7. The van der Waals surface area contributed by atoms with Gasteiger partial charge < -0.3 is 15.2 Å². The number of carbonyl (C=O) groups is 1. The van der Waals surface area contributed by atoms with Gasteiger partial charge in [-0.3, -0.25) is 4.79 Å². The van der Waals surface area contributed by atoms with Crippen molar-refractivity contribution >= 4 is 16.8 Å². The second-order valence-electron chi connectivity index (χ2n) is 6.52. The van der Waals surface area contributed by atoms with Crippen LogP contribution in [-0.2, 0) is 0 Å². The quantitative estimate of drug-likeness (QED) is 0.842. The Balaban J connectivity index is 1.64. The Labute approximate surface area is 124 Å². The van der Waals surface area contributed by atoms with Gasteiger partial charge >= 0.3 is 0 Å². The Morgan fingerprint density at radius 1 is 1.19 bits per heavy atom. The minimum absolute atomic E-state index is 0.185. The van der Waals surface area contributed by atoms with E-state index in [0.29, 0.717) is 11.8 Å². The van der Waals surface area contributed by atoms with Crippen molar-refractivity contribution in [1.82, 2.24) is 15.2 Å². The molecule has 0 bridgehead atoms. The van der Waals surface area contributed by atoms with Gasteiger partial charge in [-0.1, -0.05) is 0 Å². The zero-order valence-corrected chi connectivity index (χ0v) is 12.6. The summed E-state index contributed by atoms with van der Waals surface area (Å²) in [7, 11) is 0. The van der Waals surface area contributed by atoms with Crippen LogP contribution in [0, 0.1) is 25.7 Å². The fourth-order valence-electron chi connectivity index (χ4n) is 3.80. The van der Waals surface area contributed by atoms with E-state index in [1.165, 1.54) is 16.6 Å². The molecule has 0 spiro atoms. The first kappa shape index (κ1) is 12.9. The first-order valence-corrected chi connectivity index (χ1v) is 7.72. The number of aromatic nitrogens is 1. The maximum Gasteiger partial charge on any atom is 0.253 e. The molecule has 2 atom stereocenters. The first-order valence-electron chi connectivity index (χ1n) is 7.72. The molecule has 4 rings (SSSR count). The number of nitrogens with one attached hydrogen (secondary N) is 2. The molecule has 0 radical (unpaired) electrons. The Morgan fingerprint density at radius 2 is 1.90 bits per heavy atom. The predicted molar refractivity (Wildman–Crippen MR) is 83.5 cm³/mol. The number of likely N-dealkylation sites (tertiary alicyclic amines) is 1. The van der Waals surface area contributed by atoms with E-state index in [1.807, 2.05) is 23.1 Å².